The third-order valence-corrected chi connectivity index (χ3v) is 0.817. The first-order chi connectivity index (χ1) is 3.93. The van der Waals surface area contributed by atoms with Gasteiger partial charge in [-0.2, -0.15) is 5.10 Å². The van der Waals surface area contributed by atoms with Crippen LogP contribution in [0.4, 0.5) is 0 Å². The van der Waals surface area contributed by atoms with Gasteiger partial charge in [-0.25, -0.2) is 4.98 Å². The van der Waals surface area contributed by atoms with Crippen molar-refractivity contribution < 1.29 is 0 Å². The first-order valence-electron chi connectivity index (χ1n) is 2.02. The number of nitrogens with zero attached hydrogens (tertiary/aromatic N) is 3. The Kier molecular flexibility index (Phi) is 1.58. The van der Waals surface area contributed by atoms with Crippen LogP contribution < -0.4 is 0 Å². The Balaban J connectivity index is 2.99. The Morgan fingerprint density at radius 1 is 1.50 bits per heavy atom. The molecule has 1 aromatic rings. The monoisotopic (exact) mass is 125 g/mol. The van der Waals surface area contributed by atoms with Crippen LogP contribution in [-0.4, -0.2) is 20.5 Å². The number of hydrogen-bond donors (Lipinski definition) is 0. The molecule has 4 heteroatoms. The second-order valence-electron chi connectivity index (χ2n) is 1.12. The second kappa shape index (κ2) is 2.42. The molecule has 0 unspecified atom stereocenters. The molecule has 0 amide bonds. The molecule has 0 aliphatic carbocycles. The fourth-order valence-electron chi connectivity index (χ4n) is 0.312. The molecular weight excluding hydrogens is 122 g/mol. The van der Waals surface area contributed by atoms with Gasteiger partial charge >= 0.3 is 0 Å². The van der Waals surface area contributed by atoms with E-state index in [2.05, 4.69) is 27.4 Å². The van der Waals surface area contributed by atoms with E-state index in [1.54, 1.807) is 6.20 Å². The summed E-state index contributed by atoms with van der Waals surface area (Å²) in [5, 5.41) is 8.50. The van der Waals surface area contributed by atoms with E-state index in [-0.39, 0.29) is 0 Å². The average Bonchev–Trinajstić information content (AvgIpc) is 1.90. The van der Waals surface area contributed by atoms with Crippen LogP contribution in [0.1, 0.15) is 5.82 Å². The number of rotatable bonds is 1. The summed E-state index contributed by atoms with van der Waals surface area (Å²) in [5.74, 6) is 0.488. The van der Waals surface area contributed by atoms with Gasteiger partial charge in [0, 0.05) is 11.6 Å². The minimum atomic E-state index is 0.488. The fourth-order valence-corrected chi connectivity index (χ4v) is 0.420. The standard InChI is InChI=1S/C4H3N3S/c8-3-4-5-1-2-6-7-4/h1-3H. The minimum absolute atomic E-state index is 0.488. The second-order valence-corrected chi connectivity index (χ2v) is 1.35. The van der Waals surface area contributed by atoms with E-state index in [0.717, 1.165) is 0 Å². The highest BCUT2D eigenvalue weighted by Gasteiger charge is 1.82. The van der Waals surface area contributed by atoms with E-state index >= 15 is 0 Å². The molecule has 0 aromatic carbocycles. The van der Waals surface area contributed by atoms with E-state index in [1.807, 2.05) is 0 Å². The lowest BCUT2D eigenvalue weighted by Crippen LogP contribution is -1.90. The summed E-state index contributed by atoms with van der Waals surface area (Å²) in [6.45, 7) is 0. The van der Waals surface area contributed by atoms with Crippen molar-refractivity contribution >= 4 is 17.6 Å². The highest BCUT2D eigenvalue weighted by atomic mass is 32.1. The van der Waals surface area contributed by atoms with Gasteiger partial charge in [-0.1, -0.05) is 12.2 Å². The third-order valence-electron chi connectivity index (χ3n) is 0.606. The minimum Gasteiger partial charge on any atom is -0.233 e. The van der Waals surface area contributed by atoms with Gasteiger partial charge in [-0.15, -0.1) is 5.10 Å². The Morgan fingerprint density at radius 2 is 2.38 bits per heavy atom. The molecule has 3 nitrogen and oxygen atoms in total. The molecule has 0 aliphatic rings. The quantitative estimate of drug-likeness (QED) is 0.503. The van der Waals surface area contributed by atoms with Gasteiger partial charge in [-0.3, -0.25) is 0 Å². The molecule has 1 aromatic heterocycles. The summed E-state index contributed by atoms with van der Waals surface area (Å²) in [6.07, 6.45) is 3.05. The van der Waals surface area contributed by atoms with E-state index in [1.165, 1.54) is 11.6 Å². The zero-order chi connectivity index (χ0) is 5.82. The van der Waals surface area contributed by atoms with Crippen LogP contribution in [0, 0.1) is 0 Å². The molecule has 8 heavy (non-hydrogen) atoms. The van der Waals surface area contributed by atoms with Crippen molar-refractivity contribution in [1.82, 2.24) is 15.2 Å². The Bertz CT molecular complexity index is 174. The van der Waals surface area contributed by atoms with Gasteiger partial charge < -0.3 is 0 Å². The normalized spacial score (nSPS) is 8.50. The number of hydrogen-bond acceptors (Lipinski definition) is 4. The van der Waals surface area contributed by atoms with Gasteiger partial charge in [0.1, 0.15) is 0 Å². The molecule has 0 aliphatic heterocycles. The van der Waals surface area contributed by atoms with Crippen molar-refractivity contribution in [2.75, 3.05) is 0 Å². The van der Waals surface area contributed by atoms with Crippen molar-refractivity contribution in [3.63, 3.8) is 0 Å². The molecule has 0 fully saturated rings. The van der Waals surface area contributed by atoms with Crippen molar-refractivity contribution in [2.45, 2.75) is 0 Å². The van der Waals surface area contributed by atoms with Crippen LogP contribution in [-0.2, 0) is 0 Å². The summed E-state index contributed by atoms with van der Waals surface area (Å²) in [6, 6.07) is 0. The predicted octanol–water partition coefficient (Wildman–Crippen LogP) is 0.219. The Labute approximate surface area is 51.8 Å². The van der Waals surface area contributed by atoms with Gasteiger partial charge in [0.05, 0.1) is 6.20 Å². The maximum absolute atomic E-state index is 4.53. The molecule has 0 bridgehead atoms. The maximum Gasteiger partial charge on any atom is 0.185 e. The number of thiocarbonyl (C=S) groups is 1. The molecule has 1 heterocycles. The first kappa shape index (κ1) is 5.24. The van der Waals surface area contributed by atoms with Crippen LogP contribution in [0.5, 0.6) is 0 Å². The first-order valence-corrected chi connectivity index (χ1v) is 2.49. The van der Waals surface area contributed by atoms with Crippen molar-refractivity contribution in [2.24, 2.45) is 0 Å². The lowest BCUT2D eigenvalue weighted by atomic mass is 10.7. The van der Waals surface area contributed by atoms with E-state index in [4.69, 9.17) is 0 Å². The summed E-state index contributed by atoms with van der Waals surface area (Å²) < 4.78 is 0. The summed E-state index contributed by atoms with van der Waals surface area (Å²) in [4.78, 5) is 3.76. The van der Waals surface area contributed by atoms with Crippen LogP contribution >= 0.6 is 12.2 Å². The molecule has 0 spiro atoms. The van der Waals surface area contributed by atoms with E-state index < -0.39 is 0 Å². The van der Waals surface area contributed by atoms with Gasteiger partial charge in [-0.05, 0) is 0 Å². The summed E-state index contributed by atoms with van der Waals surface area (Å²) >= 11 is 4.53. The molecule has 0 saturated heterocycles. The fraction of sp³-hybridized carbons (Fsp3) is 0. The molecule has 1 rings (SSSR count). The zero-order valence-corrected chi connectivity index (χ0v) is 4.80. The average molecular weight is 125 g/mol. The van der Waals surface area contributed by atoms with Gasteiger partial charge in [0.2, 0.25) is 0 Å². The van der Waals surface area contributed by atoms with E-state index in [0.29, 0.717) is 5.82 Å². The molecule has 0 N–H and O–H groups in total. The zero-order valence-electron chi connectivity index (χ0n) is 3.98. The third kappa shape index (κ3) is 1.04. The molecular formula is C4H3N3S. The number of aromatic nitrogens is 3. The largest absolute Gasteiger partial charge is 0.233 e. The smallest absolute Gasteiger partial charge is 0.185 e. The van der Waals surface area contributed by atoms with Crippen molar-refractivity contribution in [1.29, 1.82) is 0 Å². The summed E-state index contributed by atoms with van der Waals surface area (Å²) in [5.41, 5.74) is 0. The van der Waals surface area contributed by atoms with Crippen LogP contribution in [0.2, 0.25) is 0 Å². The van der Waals surface area contributed by atoms with Crippen LogP contribution in [0.25, 0.3) is 0 Å². The Hall–Kier alpha value is -0.900. The highest BCUT2D eigenvalue weighted by Crippen LogP contribution is 1.75. The van der Waals surface area contributed by atoms with Crippen LogP contribution in [0.3, 0.4) is 0 Å². The molecule has 0 atom stereocenters. The summed E-state index contributed by atoms with van der Waals surface area (Å²) in [7, 11) is 0. The van der Waals surface area contributed by atoms with E-state index in [9.17, 15) is 0 Å². The van der Waals surface area contributed by atoms with Crippen LogP contribution in [0.15, 0.2) is 12.4 Å². The Morgan fingerprint density at radius 3 is 2.75 bits per heavy atom. The molecule has 0 saturated carbocycles. The van der Waals surface area contributed by atoms with Gasteiger partial charge in [0.15, 0.2) is 5.82 Å². The van der Waals surface area contributed by atoms with Gasteiger partial charge in [0.25, 0.3) is 0 Å². The lowest BCUT2D eigenvalue weighted by molar-refractivity contribution is 0.959. The van der Waals surface area contributed by atoms with Crippen molar-refractivity contribution in [3.8, 4) is 0 Å². The highest BCUT2D eigenvalue weighted by molar-refractivity contribution is 7.79. The SMILES string of the molecule is S=Cc1nccnn1. The topological polar surface area (TPSA) is 38.7 Å². The molecule has 40 valence electrons. The lowest BCUT2D eigenvalue weighted by Gasteiger charge is -1.81. The molecule has 0 radical (unpaired) electrons. The maximum atomic E-state index is 4.53. The predicted molar refractivity (Wildman–Crippen MR) is 32.6 cm³/mol. The van der Waals surface area contributed by atoms with Crippen molar-refractivity contribution in [3.05, 3.63) is 18.2 Å².